The highest BCUT2D eigenvalue weighted by Gasteiger charge is 2.29. The number of hydrogen-bond acceptors (Lipinski definition) is 4. The van der Waals surface area contributed by atoms with Crippen molar-refractivity contribution in [2.45, 2.75) is 6.42 Å². The summed E-state index contributed by atoms with van der Waals surface area (Å²) < 4.78 is 20.0. The number of fused-ring (bicyclic) bond motifs is 3. The Kier molecular flexibility index (Phi) is 4.28. The number of carbonyl (C=O) groups excluding carboxylic acids is 1. The third-order valence-electron chi connectivity index (χ3n) is 5.68. The molecule has 1 aromatic heterocycles. The van der Waals surface area contributed by atoms with Gasteiger partial charge in [-0.05, 0) is 40.5 Å². The number of carbonyl (C=O) groups is 1. The third-order valence-corrected chi connectivity index (χ3v) is 5.68. The molecular formula is C23H20FN3O2. The fraction of sp³-hybridized carbons (Fsp3) is 0.217. The van der Waals surface area contributed by atoms with Crippen molar-refractivity contribution in [3.05, 3.63) is 71.3 Å². The van der Waals surface area contributed by atoms with E-state index >= 15 is 0 Å². The summed E-state index contributed by atoms with van der Waals surface area (Å²) in [5.41, 5.74) is 11.8. The molecule has 0 spiro atoms. The molecule has 2 heterocycles. The number of nitrogens with two attached hydrogens (primary N) is 1. The first-order chi connectivity index (χ1) is 14.1. The lowest BCUT2D eigenvalue weighted by Gasteiger charge is -2.29. The van der Waals surface area contributed by atoms with Crippen LogP contribution in [-0.4, -0.2) is 37.2 Å². The van der Waals surface area contributed by atoms with Gasteiger partial charge in [0.1, 0.15) is 11.5 Å². The number of pyridine rings is 1. The molecule has 5 rings (SSSR count). The van der Waals surface area contributed by atoms with Gasteiger partial charge in [0.05, 0.1) is 13.2 Å². The Morgan fingerprint density at radius 2 is 1.86 bits per heavy atom. The molecule has 1 saturated heterocycles. The number of nitrogens with zero attached hydrogens (tertiary/aromatic N) is 2. The van der Waals surface area contributed by atoms with Crippen LogP contribution in [0.4, 0.5) is 10.1 Å². The average Bonchev–Trinajstić information content (AvgIpc) is 3.13. The number of ether oxygens (including phenoxy) is 1. The molecule has 0 bridgehead atoms. The van der Waals surface area contributed by atoms with E-state index in [1.165, 1.54) is 6.07 Å². The van der Waals surface area contributed by atoms with Crippen LogP contribution < -0.4 is 10.6 Å². The normalized spacial score (nSPS) is 15.1. The van der Waals surface area contributed by atoms with Gasteiger partial charge in [0.25, 0.3) is 5.91 Å². The number of hydrogen-bond donors (Lipinski definition) is 1. The Balaban J connectivity index is 1.67. The highest BCUT2D eigenvalue weighted by atomic mass is 19.1. The van der Waals surface area contributed by atoms with Crippen molar-refractivity contribution in [1.29, 1.82) is 0 Å². The molecule has 1 aliphatic heterocycles. The second-order valence-electron chi connectivity index (χ2n) is 7.34. The average molecular weight is 389 g/mol. The van der Waals surface area contributed by atoms with Gasteiger partial charge in [-0.1, -0.05) is 24.3 Å². The Labute approximate surface area is 167 Å². The van der Waals surface area contributed by atoms with Crippen molar-refractivity contribution >= 4 is 11.6 Å². The molecule has 146 valence electrons. The van der Waals surface area contributed by atoms with E-state index in [1.807, 2.05) is 0 Å². The minimum atomic E-state index is -0.567. The van der Waals surface area contributed by atoms with Crippen molar-refractivity contribution in [3.63, 3.8) is 0 Å². The number of rotatable bonds is 3. The van der Waals surface area contributed by atoms with Crippen LogP contribution >= 0.6 is 0 Å². The number of halogens is 1. The first-order valence-electron chi connectivity index (χ1n) is 9.66. The molecular weight excluding hydrogens is 369 g/mol. The van der Waals surface area contributed by atoms with Crippen LogP contribution in [0.15, 0.2) is 48.7 Å². The largest absolute Gasteiger partial charge is 0.378 e. The Hall–Kier alpha value is -3.25. The van der Waals surface area contributed by atoms with Crippen LogP contribution in [0.1, 0.15) is 21.6 Å². The molecule has 0 atom stereocenters. The number of aromatic nitrogens is 1. The summed E-state index contributed by atoms with van der Waals surface area (Å²) in [5, 5.41) is 0. The summed E-state index contributed by atoms with van der Waals surface area (Å²) in [7, 11) is 0. The molecule has 1 amide bonds. The summed E-state index contributed by atoms with van der Waals surface area (Å²) in [6.07, 6.45) is 2.11. The zero-order valence-corrected chi connectivity index (χ0v) is 15.8. The topological polar surface area (TPSA) is 68.5 Å². The van der Waals surface area contributed by atoms with Crippen LogP contribution in [0.3, 0.4) is 0 Å². The molecule has 2 aromatic carbocycles. The van der Waals surface area contributed by atoms with E-state index in [0.717, 1.165) is 41.0 Å². The van der Waals surface area contributed by atoms with Gasteiger partial charge in [0.15, 0.2) is 0 Å². The lowest BCUT2D eigenvalue weighted by molar-refractivity contribution is 0.0995. The smallest absolute Gasteiger partial charge is 0.267 e. The van der Waals surface area contributed by atoms with E-state index in [9.17, 15) is 9.18 Å². The minimum absolute atomic E-state index is 0.254. The molecule has 0 unspecified atom stereocenters. The zero-order valence-electron chi connectivity index (χ0n) is 15.8. The highest BCUT2D eigenvalue weighted by molar-refractivity contribution is 6.00. The van der Waals surface area contributed by atoms with Crippen molar-refractivity contribution in [2.75, 3.05) is 31.2 Å². The van der Waals surface area contributed by atoms with Crippen molar-refractivity contribution < 1.29 is 13.9 Å². The SMILES string of the molecule is NC(=O)c1ncc(-c2ccccc2F)c2c1Cc1cc(N3CCOCC3)ccc1-2. The Morgan fingerprint density at radius 1 is 1.07 bits per heavy atom. The predicted molar refractivity (Wildman–Crippen MR) is 109 cm³/mol. The molecule has 2 aliphatic rings. The summed E-state index contributed by atoms with van der Waals surface area (Å²) >= 11 is 0. The molecule has 5 nitrogen and oxygen atoms in total. The third kappa shape index (κ3) is 2.96. The molecule has 0 radical (unpaired) electrons. The van der Waals surface area contributed by atoms with E-state index in [0.29, 0.717) is 30.8 Å². The second kappa shape index (κ2) is 6.97. The van der Waals surface area contributed by atoms with E-state index in [-0.39, 0.29) is 11.5 Å². The van der Waals surface area contributed by atoms with Gasteiger partial charge < -0.3 is 15.4 Å². The monoisotopic (exact) mass is 389 g/mol. The molecule has 2 N–H and O–H groups in total. The maximum atomic E-state index is 14.5. The molecule has 1 aliphatic carbocycles. The number of benzene rings is 2. The minimum Gasteiger partial charge on any atom is -0.378 e. The van der Waals surface area contributed by atoms with Gasteiger partial charge in [-0.25, -0.2) is 4.39 Å². The lowest BCUT2D eigenvalue weighted by atomic mass is 9.94. The van der Waals surface area contributed by atoms with Crippen LogP contribution in [0, 0.1) is 5.82 Å². The van der Waals surface area contributed by atoms with Crippen LogP contribution in [0.5, 0.6) is 0 Å². The van der Waals surface area contributed by atoms with Gasteiger partial charge in [-0.15, -0.1) is 0 Å². The van der Waals surface area contributed by atoms with Gasteiger partial charge in [-0.3, -0.25) is 9.78 Å². The molecule has 0 saturated carbocycles. The fourth-order valence-electron chi connectivity index (χ4n) is 4.31. The quantitative estimate of drug-likeness (QED) is 0.583. The first-order valence-corrected chi connectivity index (χ1v) is 9.66. The number of anilines is 1. The van der Waals surface area contributed by atoms with Gasteiger partial charge >= 0.3 is 0 Å². The van der Waals surface area contributed by atoms with E-state index in [1.54, 1.807) is 24.4 Å². The Morgan fingerprint density at radius 3 is 2.62 bits per heavy atom. The highest BCUT2D eigenvalue weighted by Crippen LogP contribution is 2.45. The summed E-state index contributed by atoms with van der Waals surface area (Å²) in [6.45, 7) is 3.12. The first kappa shape index (κ1) is 17.8. The second-order valence-corrected chi connectivity index (χ2v) is 7.34. The van der Waals surface area contributed by atoms with Gasteiger partial charge in [0, 0.05) is 42.5 Å². The summed E-state index contributed by atoms with van der Waals surface area (Å²) in [6, 6.07) is 12.9. The number of amides is 1. The van der Waals surface area contributed by atoms with Crippen molar-refractivity contribution in [3.8, 4) is 22.3 Å². The molecule has 6 heteroatoms. The molecule has 3 aromatic rings. The fourth-order valence-corrected chi connectivity index (χ4v) is 4.31. The molecule has 29 heavy (non-hydrogen) atoms. The standard InChI is InChI=1S/C23H20FN3O2/c24-20-4-2-1-3-17(20)19-13-26-22(23(25)28)18-12-14-11-15(5-6-16(14)21(18)19)27-7-9-29-10-8-27/h1-6,11,13H,7-10,12H2,(H2,25,28). The Bertz CT molecular complexity index is 1120. The van der Waals surface area contributed by atoms with E-state index in [4.69, 9.17) is 10.5 Å². The van der Waals surface area contributed by atoms with Crippen LogP contribution in [0.25, 0.3) is 22.3 Å². The lowest BCUT2D eigenvalue weighted by Crippen LogP contribution is -2.36. The maximum absolute atomic E-state index is 14.5. The van der Waals surface area contributed by atoms with Crippen LogP contribution in [-0.2, 0) is 11.2 Å². The van der Waals surface area contributed by atoms with Crippen LogP contribution in [0.2, 0.25) is 0 Å². The summed E-state index contributed by atoms with van der Waals surface area (Å²) in [5.74, 6) is -0.885. The number of morpholine rings is 1. The molecule has 1 fully saturated rings. The number of primary amides is 1. The predicted octanol–water partition coefficient (Wildman–Crippen LogP) is 3.39. The van der Waals surface area contributed by atoms with Crippen molar-refractivity contribution in [2.24, 2.45) is 5.73 Å². The zero-order chi connectivity index (χ0) is 20.0. The maximum Gasteiger partial charge on any atom is 0.267 e. The van der Waals surface area contributed by atoms with E-state index in [2.05, 4.69) is 28.1 Å². The van der Waals surface area contributed by atoms with Gasteiger partial charge in [0.2, 0.25) is 0 Å². The van der Waals surface area contributed by atoms with Gasteiger partial charge in [-0.2, -0.15) is 0 Å². The van der Waals surface area contributed by atoms with Crippen molar-refractivity contribution in [1.82, 2.24) is 4.98 Å². The van der Waals surface area contributed by atoms with E-state index < -0.39 is 5.91 Å². The summed E-state index contributed by atoms with van der Waals surface area (Å²) in [4.78, 5) is 18.6.